The van der Waals surface area contributed by atoms with Crippen molar-refractivity contribution in [3.05, 3.63) is 89.5 Å². The molecule has 0 spiro atoms. The van der Waals surface area contributed by atoms with Gasteiger partial charge in [-0.2, -0.15) is 0 Å². The second-order valence-corrected chi connectivity index (χ2v) is 9.11. The maximum absolute atomic E-state index is 13.2. The molecule has 0 bridgehead atoms. The molecule has 174 valence electrons. The number of nitrogens with zero attached hydrogens (tertiary/aromatic N) is 1. The van der Waals surface area contributed by atoms with E-state index < -0.39 is 10.0 Å². The Morgan fingerprint density at radius 3 is 2.27 bits per heavy atom. The van der Waals surface area contributed by atoms with Gasteiger partial charge in [-0.25, -0.2) is 13.1 Å². The van der Waals surface area contributed by atoms with Crippen LogP contribution in [0.5, 0.6) is 11.5 Å². The predicted molar refractivity (Wildman–Crippen MR) is 127 cm³/mol. The van der Waals surface area contributed by atoms with E-state index in [0.29, 0.717) is 30.2 Å². The Labute approximate surface area is 195 Å². The summed E-state index contributed by atoms with van der Waals surface area (Å²) >= 11 is 0. The van der Waals surface area contributed by atoms with Crippen LogP contribution < -0.4 is 14.2 Å². The molecule has 0 atom stereocenters. The molecule has 0 aliphatic rings. The molecule has 0 heterocycles. The van der Waals surface area contributed by atoms with Gasteiger partial charge in [-0.1, -0.05) is 42.5 Å². The first-order valence-corrected chi connectivity index (χ1v) is 12.0. The number of hydrogen-bond donors (Lipinski definition) is 1. The van der Waals surface area contributed by atoms with Gasteiger partial charge in [-0.05, 0) is 48.4 Å². The van der Waals surface area contributed by atoms with E-state index in [9.17, 15) is 13.2 Å². The van der Waals surface area contributed by atoms with Crippen molar-refractivity contribution in [3.63, 3.8) is 0 Å². The van der Waals surface area contributed by atoms with Gasteiger partial charge in [0.05, 0.1) is 19.1 Å². The minimum absolute atomic E-state index is 0.0476. The average molecular weight is 469 g/mol. The highest BCUT2D eigenvalue weighted by Crippen LogP contribution is 2.28. The molecule has 3 aromatic rings. The van der Waals surface area contributed by atoms with Gasteiger partial charge in [0, 0.05) is 25.2 Å². The smallest absolute Gasteiger partial charge is 0.254 e. The number of carbonyl (C=O) groups is 1. The molecule has 0 radical (unpaired) electrons. The molecular formula is C25H28N2O5S. The van der Waals surface area contributed by atoms with Gasteiger partial charge in [0.1, 0.15) is 0 Å². The van der Waals surface area contributed by atoms with Crippen LogP contribution >= 0.6 is 0 Å². The van der Waals surface area contributed by atoms with Crippen LogP contribution in [0, 0.1) is 0 Å². The van der Waals surface area contributed by atoms with Crippen LogP contribution in [0.25, 0.3) is 0 Å². The number of amides is 1. The zero-order chi connectivity index (χ0) is 23.8. The molecule has 0 unspecified atom stereocenters. The molecule has 1 amide bonds. The fraction of sp³-hybridized carbons (Fsp3) is 0.240. The number of ether oxygens (including phenoxy) is 2. The van der Waals surface area contributed by atoms with Crippen molar-refractivity contribution < 1.29 is 22.7 Å². The number of sulfonamides is 1. The Hall–Kier alpha value is -3.36. The lowest BCUT2D eigenvalue weighted by atomic mass is 10.1. The van der Waals surface area contributed by atoms with E-state index in [1.54, 1.807) is 37.3 Å². The standard InChI is InChI=1S/C25H28N2O5S/c1-4-27(18-20-13-14-23(31-2)24(15-20)32-3)25(28)21-11-8-12-22(16-21)33(29,30)26-17-19-9-6-5-7-10-19/h5-16,26H,4,17-18H2,1-3H3. The molecule has 0 fully saturated rings. The van der Waals surface area contributed by atoms with Gasteiger partial charge in [-0.15, -0.1) is 0 Å². The normalized spacial score (nSPS) is 11.1. The van der Waals surface area contributed by atoms with Gasteiger partial charge in [0.2, 0.25) is 10.0 Å². The molecule has 8 heteroatoms. The molecule has 3 rings (SSSR count). The highest BCUT2D eigenvalue weighted by Gasteiger charge is 2.20. The van der Waals surface area contributed by atoms with E-state index in [4.69, 9.17) is 9.47 Å². The summed E-state index contributed by atoms with van der Waals surface area (Å²) in [7, 11) is -0.651. The molecule has 33 heavy (non-hydrogen) atoms. The van der Waals surface area contributed by atoms with Gasteiger partial charge in [-0.3, -0.25) is 4.79 Å². The van der Waals surface area contributed by atoms with E-state index in [-0.39, 0.29) is 17.3 Å². The summed E-state index contributed by atoms with van der Waals surface area (Å²) in [6.07, 6.45) is 0. The van der Waals surface area contributed by atoms with Crippen LogP contribution in [0.1, 0.15) is 28.4 Å². The molecule has 3 aromatic carbocycles. The van der Waals surface area contributed by atoms with Crippen LogP contribution in [-0.4, -0.2) is 40.0 Å². The molecule has 0 saturated heterocycles. The number of rotatable bonds is 10. The molecule has 7 nitrogen and oxygen atoms in total. The Balaban J connectivity index is 1.77. The maximum Gasteiger partial charge on any atom is 0.254 e. The second-order valence-electron chi connectivity index (χ2n) is 7.35. The zero-order valence-electron chi connectivity index (χ0n) is 18.9. The SMILES string of the molecule is CCN(Cc1ccc(OC)c(OC)c1)C(=O)c1cccc(S(=O)(=O)NCc2ccccc2)c1. The topological polar surface area (TPSA) is 84.9 Å². The third kappa shape index (κ3) is 6.12. The quantitative estimate of drug-likeness (QED) is 0.489. The Bertz CT molecular complexity index is 1200. The Morgan fingerprint density at radius 2 is 1.61 bits per heavy atom. The van der Waals surface area contributed by atoms with E-state index in [1.165, 1.54) is 12.1 Å². The van der Waals surface area contributed by atoms with Crippen molar-refractivity contribution in [2.45, 2.75) is 24.9 Å². The Morgan fingerprint density at radius 1 is 0.879 bits per heavy atom. The largest absolute Gasteiger partial charge is 0.493 e. The van der Waals surface area contributed by atoms with Crippen molar-refractivity contribution in [1.82, 2.24) is 9.62 Å². The van der Waals surface area contributed by atoms with E-state index >= 15 is 0 Å². The third-order valence-electron chi connectivity index (χ3n) is 5.19. The van der Waals surface area contributed by atoms with Gasteiger partial charge < -0.3 is 14.4 Å². The average Bonchev–Trinajstić information content (AvgIpc) is 2.86. The monoisotopic (exact) mass is 468 g/mol. The van der Waals surface area contributed by atoms with Crippen LogP contribution in [-0.2, 0) is 23.1 Å². The predicted octanol–water partition coefficient (Wildman–Crippen LogP) is 3.84. The fourth-order valence-corrected chi connectivity index (χ4v) is 4.43. The summed E-state index contributed by atoms with van der Waals surface area (Å²) in [6.45, 7) is 2.84. The van der Waals surface area contributed by atoms with Gasteiger partial charge in [0.25, 0.3) is 5.91 Å². The first kappa shape index (κ1) is 24.3. The second kappa shape index (κ2) is 11.0. The minimum Gasteiger partial charge on any atom is -0.493 e. The number of methoxy groups -OCH3 is 2. The van der Waals surface area contributed by atoms with E-state index in [2.05, 4.69) is 4.72 Å². The molecule has 0 aliphatic heterocycles. The number of benzene rings is 3. The van der Waals surface area contributed by atoms with Crippen molar-refractivity contribution in [2.75, 3.05) is 20.8 Å². The highest BCUT2D eigenvalue weighted by molar-refractivity contribution is 7.89. The lowest BCUT2D eigenvalue weighted by Crippen LogP contribution is -2.30. The number of carbonyl (C=O) groups excluding carboxylic acids is 1. The molecule has 0 aliphatic carbocycles. The third-order valence-corrected chi connectivity index (χ3v) is 6.59. The van der Waals surface area contributed by atoms with Crippen molar-refractivity contribution >= 4 is 15.9 Å². The summed E-state index contributed by atoms with van der Waals surface area (Å²) < 4.78 is 38.8. The lowest BCUT2D eigenvalue weighted by Gasteiger charge is -2.22. The maximum atomic E-state index is 13.2. The molecule has 0 saturated carbocycles. The molecule has 0 aromatic heterocycles. The number of hydrogen-bond acceptors (Lipinski definition) is 5. The van der Waals surface area contributed by atoms with E-state index in [0.717, 1.165) is 11.1 Å². The van der Waals surface area contributed by atoms with Crippen LogP contribution in [0.4, 0.5) is 0 Å². The summed E-state index contributed by atoms with van der Waals surface area (Å²) in [5.41, 5.74) is 2.02. The Kier molecular flexibility index (Phi) is 8.08. The van der Waals surface area contributed by atoms with Crippen molar-refractivity contribution in [1.29, 1.82) is 0 Å². The zero-order valence-corrected chi connectivity index (χ0v) is 19.8. The van der Waals surface area contributed by atoms with Crippen molar-refractivity contribution in [3.8, 4) is 11.5 Å². The summed E-state index contributed by atoms with van der Waals surface area (Å²) in [5, 5.41) is 0. The van der Waals surface area contributed by atoms with Gasteiger partial charge >= 0.3 is 0 Å². The molecular weight excluding hydrogens is 440 g/mol. The highest BCUT2D eigenvalue weighted by atomic mass is 32.2. The first-order valence-electron chi connectivity index (χ1n) is 10.5. The lowest BCUT2D eigenvalue weighted by molar-refractivity contribution is 0.0752. The van der Waals surface area contributed by atoms with Gasteiger partial charge in [0.15, 0.2) is 11.5 Å². The number of nitrogens with one attached hydrogen (secondary N) is 1. The van der Waals surface area contributed by atoms with Crippen LogP contribution in [0.3, 0.4) is 0 Å². The van der Waals surface area contributed by atoms with Crippen molar-refractivity contribution in [2.24, 2.45) is 0 Å². The molecule has 1 N–H and O–H groups in total. The minimum atomic E-state index is -3.77. The summed E-state index contributed by atoms with van der Waals surface area (Å²) in [4.78, 5) is 14.9. The van der Waals surface area contributed by atoms with E-state index in [1.807, 2.05) is 49.4 Å². The first-order chi connectivity index (χ1) is 15.9. The van der Waals surface area contributed by atoms with Crippen LogP contribution in [0.2, 0.25) is 0 Å². The summed E-state index contributed by atoms with van der Waals surface area (Å²) in [6, 6.07) is 20.8. The summed E-state index contributed by atoms with van der Waals surface area (Å²) in [5.74, 6) is 0.931. The fourth-order valence-electron chi connectivity index (χ4n) is 3.36. The van der Waals surface area contributed by atoms with Crippen LogP contribution in [0.15, 0.2) is 77.7 Å².